The molecule has 0 saturated heterocycles. The number of aromatic nitrogens is 1. The lowest BCUT2D eigenvalue weighted by Crippen LogP contribution is -2.25. The first-order chi connectivity index (χ1) is 13.4. The molecule has 0 aliphatic heterocycles. The molecular weight excluding hydrogens is 385 g/mol. The Bertz CT molecular complexity index is 1000. The van der Waals surface area contributed by atoms with Crippen LogP contribution in [0.2, 0.25) is 5.02 Å². The number of aryl methyl sites for hydroxylation is 1. The third-order valence-corrected chi connectivity index (χ3v) is 4.34. The highest BCUT2D eigenvalue weighted by molar-refractivity contribution is 6.31. The van der Waals surface area contributed by atoms with Crippen LogP contribution in [0.3, 0.4) is 0 Å². The van der Waals surface area contributed by atoms with Gasteiger partial charge in [0.25, 0.3) is 5.91 Å². The molecule has 0 aliphatic carbocycles. The molecule has 1 heterocycles. The van der Waals surface area contributed by atoms with Crippen LogP contribution in [0.1, 0.15) is 18.1 Å². The predicted octanol–water partition coefficient (Wildman–Crippen LogP) is 4.36. The maximum absolute atomic E-state index is 13.0. The maximum Gasteiger partial charge on any atom is 0.277 e. The monoisotopic (exact) mass is 401 g/mol. The van der Waals surface area contributed by atoms with Gasteiger partial charge < -0.3 is 9.26 Å². The number of carbonyl (C=O) groups excluding carboxylic acids is 1. The first-order valence-electron chi connectivity index (χ1n) is 8.37. The lowest BCUT2D eigenvalue weighted by Gasteiger charge is -2.11. The molecule has 3 aromatic rings. The van der Waals surface area contributed by atoms with Gasteiger partial charge in [-0.3, -0.25) is 4.79 Å². The molecule has 1 aromatic heterocycles. The van der Waals surface area contributed by atoms with Crippen LogP contribution in [0.15, 0.2) is 58.3 Å². The van der Waals surface area contributed by atoms with Gasteiger partial charge in [-0.2, -0.15) is 5.10 Å². The Morgan fingerprint density at radius 2 is 2.04 bits per heavy atom. The number of halogens is 2. The Morgan fingerprint density at radius 1 is 1.29 bits per heavy atom. The van der Waals surface area contributed by atoms with Gasteiger partial charge in [0.1, 0.15) is 11.6 Å². The van der Waals surface area contributed by atoms with Crippen molar-refractivity contribution >= 4 is 23.2 Å². The Hall–Kier alpha value is -3.19. The molecule has 0 fully saturated rings. The van der Waals surface area contributed by atoms with Crippen molar-refractivity contribution in [3.05, 3.63) is 70.6 Å². The zero-order valence-electron chi connectivity index (χ0n) is 15.2. The maximum atomic E-state index is 13.0. The highest BCUT2D eigenvalue weighted by Crippen LogP contribution is 2.34. The van der Waals surface area contributed by atoms with Crippen LogP contribution in [-0.4, -0.2) is 23.4 Å². The fraction of sp³-hybridized carbons (Fsp3) is 0.150. The van der Waals surface area contributed by atoms with Crippen molar-refractivity contribution in [3.63, 3.8) is 0 Å². The molecule has 6 nitrogen and oxygen atoms in total. The smallest absolute Gasteiger partial charge is 0.277 e. The third-order valence-electron chi connectivity index (χ3n) is 3.93. The Labute approximate surface area is 165 Å². The predicted molar refractivity (Wildman–Crippen MR) is 104 cm³/mol. The largest absolute Gasteiger partial charge is 0.483 e. The summed E-state index contributed by atoms with van der Waals surface area (Å²) in [5.74, 6) is 0.128. The van der Waals surface area contributed by atoms with Gasteiger partial charge in [0, 0.05) is 11.1 Å². The van der Waals surface area contributed by atoms with Crippen molar-refractivity contribution < 1.29 is 18.4 Å². The third kappa shape index (κ3) is 4.75. The van der Waals surface area contributed by atoms with Gasteiger partial charge in [-0.15, -0.1) is 0 Å². The average molecular weight is 402 g/mol. The fourth-order valence-electron chi connectivity index (χ4n) is 2.40. The summed E-state index contributed by atoms with van der Waals surface area (Å²) < 4.78 is 23.8. The topological polar surface area (TPSA) is 76.7 Å². The van der Waals surface area contributed by atoms with Crippen LogP contribution < -0.4 is 10.2 Å². The van der Waals surface area contributed by atoms with Crippen molar-refractivity contribution in [2.24, 2.45) is 5.10 Å². The number of rotatable bonds is 6. The standard InChI is InChI=1S/C20H17ClFN3O3/c1-12-9-19(16(10-17(12)21)18-7-8-23-28-18)27-11-20(26)25-24-13(2)14-3-5-15(22)6-4-14/h3-10H,11H2,1-2H3,(H,25,26)/b24-13-. The van der Waals surface area contributed by atoms with Gasteiger partial charge in [-0.05, 0) is 49.2 Å². The zero-order chi connectivity index (χ0) is 20.1. The SMILES string of the molecule is C/C(=N/NC(=O)COc1cc(C)c(Cl)cc1-c1ccno1)c1ccc(F)cc1. The van der Waals surface area contributed by atoms with Gasteiger partial charge in [-0.1, -0.05) is 28.9 Å². The highest BCUT2D eigenvalue weighted by atomic mass is 35.5. The molecule has 1 N–H and O–H groups in total. The normalized spacial score (nSPS) is 11.4. The summed E-state index contributed by atoms with van der Waals surface area (Å²) >= 11 is 6.18. The summed E-state index contributed by atoms with van der Waals surface area (Å²) in [6, 6.07) is 10.9. The molecule has 0 bridgehead atoms. The summed E-state index contributed by atoms with van der Waals surface area (Å²) in [4.78, 5) is 12.1. The van der Waals surface area contributed by atoms with Gasteiger partial charge in [0.15, 0.2) is 12.4 Å². The fourth-order valence-corrected chi connectivity index (χ4v) is 2.56. The van der Waals surface area contributed by atoms with E-state index in [0.29, 0.717) is 33.4 Å². The van der Waals surface area contributed by atoms with Gasteiger partial charge in [-0.25, -0.2) is 9.82 Å². The van der Waals surface area contributed by atoms with E-state index in [-0.39, 0.29) is 12.4 Å². The van der Waals surface area contributed by atoms with Crippen molar-refractivity contribution in [1.29, 1.82) is 0 Å². The number of hydrazone groups is 1. The number of nitrogens with zero attached hydrogens (tertiary/aromatic N) is 2. The molecule has 0 atom stereocenters. The van der Waals surface area contributed by atoms with E-state index < -0.39 is 5.91 Å². The Balaban J connectivity index is 1.67. The van der Waals surface area contributed by atoms with Gasteiger partial charge in [0.2, 0.25) is 0 Å². The second-order valence-electron chi connectivity index (χ2n) is 6.00. The molecule has 3 rings (SSSR count). The van der Waals surface area contributed by atoms with Gasteiger partial charge >= 0.3 is 0 Å². The lowest BCUT2D eigenvalue weighted by atomic mass is 10.1. The van der Waals surface area contributed by atoms with Crippen LogP contribution in [0, 0.1) is 12.7 Å². The number of nitrogens with one attached hydrogen (secondary N) is 1. The van der Waals surface area contributed by atoms with E-state index in [4.69, 9.17) is 20.9 Å². The molecule has 0 saturated carbocycles. The molecule has 0 unspecified atom stereocenters. The number of benzene rings is 2. The molecule has 2 aromatic carbocycles. The van der Waals surface area contributed by atoms with Crippen LogP contribution in [0.25, 0.3) is 11.3 Å². The molecule has 0 spiro atoms. The Morgan fingerprint density at radius 3 is 2.71 bits per heavy atom. The van der Waals surface area contributed by atoms with E-state index in [2.05, 4.69) is 15.7 Å². The first kappa shape index (κ1) is 19.6. The van der Waals surface area contributed by atoms with Crippen LogP contribution >= 0.6 is 11.6 Å². The highest BCUT2D eigenvalue weighted by Gasteiger charge is 2.14. The molecule has 28 heavy (non-hydrogen) atoms. The molecule has 0 radical (unpaired) electrons. The molecule has 144 valence electrons. The molecule has 8 heteroatoms. The van der Waals surface area contributed by atoms with E-state index in [1.165, 1.54) is 18.3 Å². The van der Waals surface area contributed by atoms with E-state index in [1.807, 2.05) is 6.92 Å². The van der Waals surface area contributed by atoms with E-state index >= 15 is 0 Å². The number of hydrogen-bond donors (Lipinski definition) is 1. The lowest BCUT2D eigenvalue weighted by molar-refractivity contribution is -0.123. The number of amides is 1. The molecule has 1 amide bonds. The van der Waals surface area contributed by atoms with Crippen LogP contribution in [0.5, 0.6) is 5.75 Å². The van der Waals surface area contributed by atoms with Crippen molar-refractivity contribution in [1.82, 2.24) is 10.6 Å². The van der Waals surface area contributed by atoms with E-state index in [1.54, 1.807) is 37.3 Å². The minimum absolute atomic E-state index is 0.262. The molecule has 0 aliphatic rings. The Kier molecular flexibility index (Phi) is 6.06. The van der Waals surface area contributed by atoms with Crippen molar-refractivity contribution in [3.8, 4) is 17.1 Å². The summed E-state index contributed by atoms with van der Waals surface area (Å²) in [6.07, 6.45) is 1.51. The van der Waals surface area contributed by atoms with E-state index in [9.17, 15) is 9.18 Å². The van der Waals surface area contributed by atoms with Crippen molar-refractivity contribution in [2.45, 2.75) is 13.8 Å². The summed E-state index contributed by atoms with van der Waals surface area (Å²) in [7, 11) is 0. The summed E-state index contributed by atoms with van der Waals surface area (Å²) in [6.45, 7) is 3.27. The van der Waals surface area contributed by atoms with E-state index in [0.717, 1.165) is 5.56 Å². The quantitative estimate of drug-likeness (QED) is 0.491. The second-order valence-corrected chi connectivity index (χ2v) is 6.41. The number of hydrogen-bond acceptors (Lipinski definition) is 5. The zero-order valence-corrected chi connectivity index (χ0v) is 16.0. The van der Waals surface area contributed by atoms with Crippen LogP contribution in [0.4, 0.5) is 4.39 Å². The summed E-state index contributed by atoms with van der Waals surface area (Å²) in [5.41, 5.74) is 5.04. The van der Waals surface area contributed by atoms with Crippen molar-refractivity contribution in [2.75, 3.05) is 6.61 Å². The van der Waals surface area contributed by atoms with Crippen LogP contribution in [-0.2, 0) is 4.79 Å². The van der Waals surface area contributed by atoms with Gasteiger partial charge in [0.05, 0.1) is 17.5 Å². The second kappa shape index (κ2) is 8.67. The minimum Gasteiger partial charge on any atom is -0.483 e. The number of ether oxygens (including phenoxy) is 1. The minimum atomic E-state index is -0.447. The number of carbonyl (C=O) groups is 1. The average Bonchev–Trinajstić information content (AvgIpc) is 3.21. The summed E-state index contributed by atoms with van der Waals surface area (Å²) in [5, 5.41) is 8.23. The molecular formula is C20H17ClFN3O3. The first-order valence-corrected chi connectivity index (χ1v) is 8.75.